The van der Waals surface area contributed by atoms with Gasteiger partial charge in [0.15, 0.2) is 0 Å². The standard InChI is InChI=1S/C11H14N2S/c1-11(4-2-3-5-11)10-6-8(13)9(7-12)14-10/h6H,2-5,13H2,1H3. The molecule has 0 radical (unpaired) electrons. The molecule has 1 aromatic rings. The van der Waals surface area contributed by atoms with Crippen molar-refractivity contribution in [3.05, 3.63) is 15.8 Å². The molecular formula is C11H14N2S. The number of hydrogen-bond acceptors (Lipinski definition) is 3. The van der Waals surface area contributed by atoms with Gasteiger partial charge in [-0.3, -0.25) is 0 Å². The van der Waals surface area contributed by atoms with Gasteiger partial charge in [0.1, 0.15) is 10.9 Å². The fourth-order valence-electron chi connectivity index (χ4n) is 2.19. The Bertz CT molecular complexity index is 380. The predicted molar refractivity (Wildman–Crippen MR) is 59.3 cm³/mol. The quantitative estimate of drug-likeness (QED) is 0.767. The third-order valence-electron chi connectivity index (χ3n) is 3.16. The normalized spacial score (nSPS) is 19.4. The highest BCUT2D eigenvalue weighted by atomic mass is 32.1. The monoisotopic (exact) mass is 206 g/mol. The van der Waals surface area contributed by atoms with Gasteiger partial charge in [-0.05, 0) is 18.9 Å². The first-order valence-electron chi connectivity index (χ1n) is 4.95. The molecule has 74 valence electrons. The molecule has 0 spiro atoms. The maximum absolute atomic E-state index is 8.84. The van der Waals surface area contributed by atoms with Crippen LogP contribution in [0, 0.1) is 11.3 Å². The van der Waals surface area contributed by atoms with Gasteiger partial charge in [0.2, 0.25) is 0 Å². The van der Waals surface area contributed by atoms with E-state index in [-0.39, 0.29) is 5.41 Å². The number of nitrogen functional groups attached to an aromatic ring is 1. The molecule has 1 aromatic heterocycles. The second-order valence-electron chi connectivity index (χ2n) is 4.27. The Labute approximate surface area is 88.4 Å². The fourth-order valence-corrected chi connectivity index (χ4v) is 3.27. The van der Waals surface area contributed by atoms with Crippen molar-refractivity contribution in [1.29, 1.82) is 5.26 Å². The molecule has 0 atom stereocenters. The van der Waals surface area contributed by atoms with E-state index in [0.29, 0.717) is 10.6 Å². The van der Waals surface area contributed by atoms with Crippen molar-refractivity contribution in [3.63, 3.8) is 0 Å². The van der Waals surface area contributed by atoms with Crippen molar-refractivity contribution in [1.82, 2.24) is 0 Å². The summed E-state index contributed by atoms with van der Waals surface area (Å²) in [4.78, 5) is 1.97. The van der Waals surface area contributed by atoms with E-state index in [0.717, 1.165) is 0 Å². The van der Waals surface area contributed by atoms with Crippen molar-refractivity contribution in [2.45, 2.75) is 38.0 Å². The Morgan fingerprint density at radius 3 is 2.64 bits per heavy atom. The molecule has 2 rings (SSSR count). The summed E-state index contributed by atoms with van der Waals surface area (Å²) in [6.45, 7) is 2.28. The van der Waals surface area contributed by atoms with Crippen LogP contribution in [-0.4, -0.2) is 0 Å². The van der Waals surface area contributed by atoms with Crippen LogP contribution in [0.2, 0.25) is 0 Å². The van der Waals surface area contributed by atoms with Crippen molar-refractivity contribution in [2.75, 3.05) is 5.73 Å². The van der Waals surface area contributed by atoms with Gasteiger partial charge in [0.25, 0.3) is 0 Å². The summed E-state index contributed by atoms with van der Waals surface area (Å²) >= 11 is 1.57. The molecule has 0 aliphatic heterocycles. The van der Waals surface area contributed by atoms with Gasteiger partial charge < -0.3 is 5.73 Å². The molecule has 1 aliphatic rings. The number of rotatable bonds is 1. The van der Waals surface area contributed by atoms with Crippen LogP contribution in [0.25, 0.3) is 0 Å². The van der Waals surface area contributed by atoms with Gasteiger partial charge in [-0.25, -0.2) is 0 Å². The third-order valence-corrected chi connectivity index (χ3v) is 4.53. The van der Waals surface area contributed by atoms with E-state index in [4.69, 9.17) is 11.0 Å². The van der Waals surface area contributed by atoms with Crippen LogP contribution in [0.15, 0.2) is 6.07 Å². The number of nitrogens with zero attached hydrogens (tertiary/aromatic N) is 1. The fraction of sp³-hybridized carbons (Fsp3) is 0.545. The number of thiophene rings is 1. The summed E-state index contributed by atoms with van der Waals surface area (Å²) in [7, 11) is 0. The first-order valence-corrected chi connectivity index (χ1v) is 5.77. The number of anilines is 1. The molecule has 0 unspecified atom stereocenters. The van der Waals surface area contributed by atoms with Gasteiger partial charge in [-0.15, -0.1) is 11.3 Å². The molecule has 0 bridgehead atoms. The van der Waals surface area contributed by atoms with Crippen molar-refractivity contribution in [3.8, 4) is 6.07 Å². The molecule has 3 heteroatoms. The molecule has 2 N–H and O–H groups in total. The SMILES string of the molecule is CC1(c2cc(N)c(C#N)s2)CCCC1. The highest BCUT2D eigenvalue weighted by Gasteiger charge is 2.32. The smallest absolute Gasteiger partial charge is 0.128 e. The van der Waals surface area contributed by atoms with Crippen molar-refractivity contribution in [2.24, 2.45) is 0 Å². The Morgan fingerprint density at radius 1 is 1.50 bits per heavy atom. The average Bonchev–Trinajstić information content (AvgIpc) is 2.73. The number of nitrogens with two attached hydrogens (primary N) is 1. The molecule has 1 fully saturated rings. The second-order valence-corrected chi connectivity index (χ2v) is 5.33. The second kappa shape index (κ2) is 3.29. The average molecular weight is 206 g/mol. The molecular weight excluding hydrogens is 192 g/mol. The summed E-state index contributed by atoms with van der Waals surface area (Å²) in [5.74, 6) is 0. The minimum absolute atomic E-state index is 0.286. The lowest BCUT2D eigenvalue weighted by Crippen LogP contribution is -2.14. The summed E-state index contributed by atoms with van der Waals surface area (Å²) in [6.07, 6.45) is 5.07. The largest absolute Gasteiger partial charge is 0.397 e. The first kappa shape index (κ1) is 9.54. The van der Waals surface area contributed by atoms with Crippen molar-refractivity contribution < 1.29 is 0 Å². The Hall–Kier alpha value is -1.01. The molecule has 0 saturated heterocycles. The molecule has 1 aliphatic carbocycles. The van der Waals surface area contributed by atoms with Gasteiger partial charge in [0.05, 0.1) is 5.69 Å². The Morgan fingerprint density at radius 2 is 2.14 bits per heavy atom. The van der Waals surface area contributed by atoms with E-state index in [9.17, 15) is 0 Å². The Kier molecular flexibility index (Phi) is 2.24. The van der Waals surface area contributed by atoms with E-state index in [1.165, 1.54) is 30.6 Å². The highest BCUT2D eigenvalue weighted by molar-refractivity contribution is 7.13. The third kappa shape index (κ3) is 1.40. The first-order chi connectivity index (χ1) is 6.65. The van der Waals surface area contributed by atoms with Crippen LogP contribution in [0.1, 0.15) is 42.4 Å². The molecule has 0 amide bonds. The summed E-state index contributed by atoms with van der Waals surface area (Å²) in [6, 6.07) is 4.14. The van der Waals surface area contributed by atoms with Crippen LogP contribution in [0.3, 0.4) is 0 Å². The molecule has 2 nitrogen and oxygen atoms in total. The predicted octanol–water partition coefficient (Wildman–Crippen LogP) is 3.03. The zero-order chi connectivity index (χ0) is 10.2. The number of nitriles is 1. The lowest BCUT2D eigenvalue weighted by Gasteiger charge is -2.21. The van der Waals surface area contributed by atoms with Gasteiger partial charge >= 0.3 is 0 Å². The Balaban J connectivity index is 2.37. The topological polar surface area (TPSA) is 49.8 Å². The molecule has 1 saturated carbocycles. The maximum atomic E-state index is 8.84. The lowest BCUT2D eigenvalue weighted by molar-refractivity contribution is 0.502. The molecule has 14 heavy (non-hydrogen) atoms. The molecule has 0 aromatic carbocycles. The van der Waals surface area contributed by atoms with Gasteiger partial charge in [0, 0.05) is 10.3 Å². The van der Waals surface area contributed by atoms with E-state index in [2.05, 4.69) is 13.0 Å². The van der Waals surface area contributed by atoms with Gasteiger partial charge in [-0.1, -0.05) is 19.8 Å². The van der Waals surface area contributed by atoms with E-state index < -0.39 is 0 Å². The minimum atomic E-state index is 0.286. The van der Waals surface area contributed by atoms with Crippen LogP contribution in [-0.2, 0) is 5.41 Å². The molecule has 1 heterocycles. The van der Waals surface area contributed by atoms with Crippen LogP contribution in [0.4, 0.5) is 5.69 Å². The summed E-state index contributed by atoms with van der Waals surface area (Å²) in [5, 5.41) is 8.84. The lowest BCUT2D eigenvalue weighted by atomic mass is 9.87. The van der Waals surface area contributed by atoms with E-state index in [1.807, 2.05) is 6.07 Å². The number of hydrogen-bond donors (Lipinski definition) is 1. The van der Waals surface area contributed by atoms with Gasteiger partial charge in [-0.2, -0.15) is 5.26 Å². The minimum Gasteiger partial charge on any atom is -0.397 e. The highest BCUT2D eigenvalue weighted by Crippen LogP contribution is 2.44. The van der Waals surface area contributed by atoms with E-state index in [1.54, 1.807) is 11.3 Å². The summed E-state index contributed by atoms with van der Waals surface area (Å²) < 4.78 is 0. The van der Waals surface area contributed by atoms with Crippen LogP contribution < -0.4 is 5.73 Å². The van der Waals surface area contributed by atoms with Crippen LogP contribution in [0.5, 0.6) is 0 Å². The van der Waals surface area contributed by atoms with Crippen molar-refractivity contribution >= 4 is 17.0 Å². The van der Waals surface area contributed by atoms with E-state index >= 15 is 0 Å². The van der Waals surface area contributed by atoms with Crippen LogP contribution >= 0.6 is 11.3 Å². The zero-order valence-electron chi connectivity index (χ0n) is 8.34. The maximum Gasteiger partial charge on any atom is 0.128 e. The summed E-state index contributed by atoms with van der Waals surface area (Å²) in [5.41, 5.74) is 6.71. The zero-order valence-corrected chi connectivity index (χ0v) is 9.16.